The molecule has 1 saturated heterocycles. The second-order valence-electron chi connectivity index (χ2n) is 20.9. The quantitative estimate of drug-likeness (QED) is 0.0419. The number of aliphatic hydroxyl groups excluding tert-OH is 1. The highest BCUT2D eigenvalue weighted by molar-refractivity contribution is 7.15. The van der Waals surface area contributed by atoms with Gasteiger partial charge in [-0.25, -0.2) is 4.98 Å². The molecule has 2 aliphatic heterocycles. The third kappa shape index (κ3) is 15.0. The van der Waals surface area contributed by atoms with Crippen molar-refractivity contribution in [2.45, 2.75) is 105 Å². The number of rotatable bonds is 24. The largest absolute Gasteiger partial charge is 0.391 e. The van der Waals surface area contributed by atoms with Crippen molar-refractivity contribution in [2.75, 3.05) is 52.7 Å². The van der Waals surface area contributed by atoms with E-state index in [1.807, 2.05) is 97.3 Å². The first-order chi connectivity index (χ1) is 38.4. The zero-order valence-electron chi connectivity index (χ0n) is 46.0. The van der Waals surface area contributed by atoms with E-state index in [-0.39, 0.29) is 84.4 Å². The van der Waals surface area contributed by atoms with Gasteiger partial charge in [-0.2, -0.15) is 0 Å². The molecule has 0 radical (unpaired) electrons. The van der Waals surface area contributed by atoms with Gasteiger partial charge in [-0.3, -0.25) is 33.5 Å². The third-order valence-electron chi connectivity index (χ3n) is 13.9. The SMILES string of the molecule is Cc1ncsc1-c1ccc(CNC(=O)[C@@H]2C[C@@H](O)CN2C(=O)C(NC(=O)C(Cc2ccccc2)NC(=O)COCCOCCOCCNC(=O)CC2N=C(c3ccc(Cl)cc3)c3c(sc(C)c3C)-n3c(C)nnc32)C(C)(C)C)cc1. The number of nitrogens with one attached hydrogen (secondary N) is 4. The average molecular weight is 1150 g/mol. The van der Waals surface area contributed by atoms with Crippen LogP contribution in [-0.4, -0.2) is 142 Å². The van der Waals surface area contributed by atoms with E-state index in [0.29, 0.717) is 16.7 Å². The number of halogens is 1. The van der Waals surface area contributed by atoms with E-state index in [1.54, 1.807) is 49.0 Å². The molecular weight excluding hydrogens is 1080 g/mol. The monoisotopic (exact) mass is 1150 g/mol. The second kappa shape index (κ2) is 27.2. The van der Waals surface area contributed by atoms with Gasteiger partial charge in [0.15, 0.2) is 5.82 Å². The Balaban J connectivity index is 0.765. The Morgan fingerprint density at radius 1 is 0.812 bits per heavy atom. The van der Waals surface area contributed by atoms with Crippen molar-refractivity contribution in [3.8, 4) is 15.4 Å². The minimum absolute atomic E-state index is 0.0374. The predicted octanol–water partition coefficient (Wildman–Crippen LogP) is 6.32. The summed E-state index contributed by atoms with van der Waals surface area (Å²) in [5.41, 5.74) is 8.32. The zero-order chi connectivity index (χ0) is 57.1. The van der Waals surface area contributed by atoms with Crippen LogP contribution < -0.4 is 21.3 Å². The van der Waals surface area contributed by atoms with Crippen LogP contribution in [-0.2, 0) is 51.1 Å². The highest BCUT2D eigenvalue weighted by Crippen LogP contribution is 2.40. The molecule has 3 aromatic carbocycles. The number of fused-ring (bicyclic) bond motifs is 3. The number of benzene rings is 3. The fourth-order valence-corrected chi connectivity index (χ4v) is 11.7. The van der Waals surface area contributed by atoms with Crippen molar-refractivity contribution in [2.24, 2.45) is 10.4 Å². The van der Waals surface area contributed by atoms with Crippen molar-refractivity contribution >= 4 is 69.5 Å². The minimum Gasteiger partial charge on any atom is -0.391 e. The molecule has 19 nitrogen and oxygen atoms in total. The molecule has 3 unspecified atom stereocenters. The Morgan fingerprint density at radius 3 is 2.19 bits per heavy atom. The van der Waals surface area contributed by atoms with Gasteiger partial charge >= 0.3 is 0 Å². The number of likely N-dealkylation sites (tertiary alicyclic amines) is 1. The van der Waals surface area contributed by atoms with Gasteiger partial charge < -0.3 is 45.5 Å². The Hall–Kier alpha value is -6.72. The van der Waals surface area contributed by atoms with Crippen LogP contribution in [0.3, 0.4) is 0 Å². The number of β-amino-alcohol motifs (C(OH)–C–C–N with tert-alkyl or cyclic N) is 1. The first kappa shape index (κ1) is 59.4. The lowest BCUT2D eigenvalue weighted by Crippen LogP contribution is -2.60. The van der Waals surface area contributed by atoms with Crippen molar-refractivity contribution in [3.63, 3.8) is 0 Å². The minimum atomic E-state index is -1.12. The van der Waals surface area contributed by atoms with E-state index in [4.69, 9.17) is 30.8 Å². The highest BCUT2D eigenvalue weighted by atomic mass is 35.5. The summed E-state index contributed by atoms with van der Waals surface area (Å²) in [6.07, 6.45) is -0.740. The molecular formula is C58H69ClN10O9S2. The lowest BCUT2D eigenvalue weighted by molar-refractivity contribution is -0.144. The molecule has 6 aromatic rings. The molecule has 5 N–H and O–H groups in total. The van der Waals surface area contributed by atoms with Crippen LogP contribution in [0.4, 0.5) is 0 Å². The summed E-state index contributed by atoms with van der Waals surface area (Å²) in [6, 6.07) is 20.7. The number of aryl methyl sites for hydroxylation is 3. The maximum Gasteiger partial charge on any atom is 0.246 e. The Labute approximate surface area is 478 Å². The van der Waals surface area contributed by atoms with E-state index in [1.165, 1.54) is 4.90 Å². The molecule has 3 aromatic heterocycles. The van der Waals surface area contributed by atoms with Gasteiger partial charge in [0, 0.05) is 53.5 Å². The summed E-state index contributed by atoms with van der Waals surface area (Å²) in [5.74, 6) is -1.02. The van der Waals surface area contributed by atoms with E-state index in [0.717, 1.165) is 59.5 Å². The molecule has 0 aliphatic carbocycles. The molecule has 1 fully saturated rings. The number of thiazole rings is 1. The number of ether oxygens (including phenoxy) is 3. The van der Waals surface area contributed by atoms with Crippen molar-refractivity contribution in [1.29, 1.82) is 0 Å². The van der Waals surface area contributed by atoms with Gasteiger partial charge in [0.25, 0.3) is 0 Å². The summed E-state index contributed by atoms with van der Waals surface area (Å²) in [5, 5.41) is 32.7. The van der Waals surface area contributed by atoms with Crippen LogP contribution in [0, 0.1) is 33.1 Å². The van der Waals surface area contributed by atoms with Crippen molar-refractivity contribution < 1.29 is 43.3 Å². The molecule has 424 valence electrons. The van der Waals surface area contributed by atoms with Crippen LogP contribution in [0.15, 0.2) is 89.4 Å². The lowest BCUT2D eigenvalue weighted by atomic mass is 9.85. The van der Waals surface area contributed by atoms with Crippen molar-refractivity contribution in [3.05, 3.63) is 139 Å². The van der Waals surface area contributed by atoms with E-state index >= 15 is 0 Å². The number of aromatic nitrogens is 4. The molecule has 5 heterocycles. The van der Waals surface area contributed by atoms with Gasteiger partial charge in [0.1, 0.15) is 41.6 Å². The van der Waals surface area contributed by atoms with Crippen LogP contribution in [0.2, 0.25) is 5.02 Å². The Kier molecular flexibility index (Phi) is 20.2. The molecule has 0 bridgehead atoms. The zero-order valence-corrected chi connectivity index (χ0v) is 48.4. The fourth-order valence-electron chi connectivity index (χ4n) is 9.57. The van der Waals surface area contributed by atoms with Gasteiger partial charge in [-0.1, -0.05) is 99.1 Å². The maximum absolute atomic E-state index is 14.4. The normalized spacial score (nSPS) is 16.7. The Morgan fingerprint density at radius 2 is 1.50 bits per heavy atom. The molecule has 80 heavy (non-hydrogen) atoms. The average Bonchev–Trinajstić information content (AvgIpc) is 4.21. The van der Waals surface area contributed by atoms with E-state index in [2.05, 4.69) is 50.3 Å². The molecule has 0 spiro atoms. The van der Waals surface area contributed by atoms with Crippen LogP contribution >= 0.6 is 34.3 Å². The number of carbonyl (C=O) groups is 5. The molecule has 8 rings (SSSR count). The van der Waals surface area contributed by atoms with Crippen LogP contribution in [0.25, 0.3) is 15.4 Å². The number of amides is 5. The first-order valence-corrected chi connectivity index (χ1v) is 28.7. The van der Waals surface area contributed by atoms with Gasteiger partial charge in [-0.05, 0) is 67.5 Å². The van der Waals surface area contributed by atoms with Gasteiger partial charge in [-0.15, -0.1) is 32.9 Å². The summed E-state index contributed by atoms with van der Waals surface area (Å²) in [7, 11) is 0. The number of hydrogen-bond donors (Lipinski definition) is 5. The number of aliphatic hydroxyl groups is 1. The number of nitrogens with zero attached hydrogens (tertiary/aromatic N) is 6. The van der Waals surface area contributed by atoms with Crippen LogP contribution in [0.5, 0.6) is 0 Å². The van der Waals surface area contributed by atoms with Gasteiger partial charge in [0.05, 0.1) is 67.4 Å². The molecule has 5 atom stereocenters. The second-order valence-corrected chi connectivity index (χ2v) is 23.4. The molecule has 22 heteroatoms. The standard InChI is InChI=1S/C58H69ClN10O9S2/c1-34-36(3)80-57-49(34)50(40-17-19-42(59)20-18-40)64-44(53-67-66-37(4)69(53)57)29-47(71)60-21-22-76-23-24-77-25-26-78-32-48(72)63-45(27-38-11-9-8-10-12-38)54(73)65-52(58(5,6)7)56(75)68-31-43(70)28-46(68)55(74)61-30-39-13-15-41(16-14-39)51-35(2)62-33-79-51/h8-20,33,43-46,52,70H,21-32H2,1-7H3,(H,60,71)(H,61,74)(H,63,72)(H,65,73)/t43-,44?,45?,46+,52?/m1/s1. The third-order valence-corrected chi connectivity index (χ3v) is 16.3. The van der Waals surface area contributed by atoms with Crippen molar-refractivity contribution in [1.82, 2.24) is 45.9 Å². The first-order valence-electron chi connectivity index (χ1n) is 26.6. The lowest BCUT2D eigenvalue weighted by Gasteiger charge is -2.36. The molecule has 5 amide bonds. The maximum atomic E-state index is 14.4. The Bertz CT molecular complexity index is 3160. The molecule has 2 aliphatic rings. The number of aliphatic imine (C=N–C) groups is 1. The number of hydrogen-bond acceptors (Lipinski definition) is 15. The number of thiophene rings is 1. The summed E-state index contributed by atoms with van der Waals surface area (Å²) >= 11 is 9.45. The smallest absolute Gasteiger partial charge is 0.246 e. The molecule has 0 saturated carbocycles. The van der Waals surface area contributed by atoms with Gasteiger partial charge in [0.2, 0.25) is 29.5 Å². The fraction of sp³-hybridized carbons (Fsp3) is 0.431. The predicted molar refractivity (Wildman–Crippen MR) is 307 cm³/mol. The number of carbonyl (C=O) groups excluding carboxylic acids is 5. The summed E-state index contributed by atoms with van der Waals surface area (Å²) in [4.78, 5) is 82.0. The topological polar surface area (TPSA) is 241 Å². The van der Waals surface area contributed by atoms with E-state index in [9.17, 15) is 29.1 Å². The van der Waals surface area contributed by atoms with E-state index < -0.39 is 59.3 Å². The van der Waals surface area contributed by atoms with Crippen LogP contribution in [0.1, 0.15) is 89.7 Å². The summed E-state index contributed by atoms with van der Waals surface area (Å²) < 4.78 is 19.0. The summed E-state index contributed by atoms with van der Waals surface area (Å²) in [6.45, 7) is 14.4. The highest BCUT2D eigenvalue weighted by Gasteiger charge is 2.45.